The van der Waals surface area contributed by atoms with Crippen LogP contribution < -0.4 is 5.32 Å². The Morgan fingerprint density at radius 2 is 2.07 bits per heavy atom. The van der Waals surface area contributed by atoms with Gasteiger partial charge in [0, 0.05) is 32.1 Å². The minimum atomic E-state index is 0.00692. The van der Waals surface area contributed by atoms with Gasteiger partial charge in [0.25, 0.3) is 0 Å². The first-order chi connectivity index (χ1) is 13.6. The van der Waals surface area contributed by atoms with Crippen LogP contribution in [0, 0.1) is 0 Å². The Morgan fingerprint density at radius 1 is 1.29 bits per heavy atom. The molecule has 3 aromatic rings. The number of ether oxygens (including phenoxy) is 1. The number of methoxy groups -OCH3 is 1. The van der Waals surface area contributed by atoms with Crippen molar-refractivity contribution in [2.75, 3.05) is 21.2 Å². The van der Waals surface area contributed by atoms with Gasteiger partial charge in [-0.25, -0.2) is 9.97 Å². The van der Waals surface area contributed by atoms with Crippen molar-refractivity contribution in [1.82, 2.24) is 20.2 Å². The maximum Gasteiger partial charge on any atom is 0.226 e. The average Bonchev–Trinajstić information content (AvgIpc) is 3.38. The first-order valence-corrected chi connectivity index (χ1v) is 9.87. The molecule has 1 N–H and O–H groups in total. The lowest BCUT2D eigenvalue weighted by molar-refractivity contribution is 0.119. The van der Waals surface area contributed by atoms with Gasteiger partial charge in [-0.15, -0.1) is 11.3 Å². The van der Waals surface area contributed by atoms with Crippen LogP contribution in [0.2, 0.25) is 0 Å². The van der Waals surface area contributed by atoms with Gasteiger partial charge in [0.15, 0.2) is 5.96 Å². The highest BCUT2D eigenvalue weighted by Gasteiger charge is 2.13. The molecule has 1 aromatic carbocycles. The smallest absolute Gasteiger partial charge is 0.226 e. The molecule has 3 rings (SSSR count). The van der Waals surface area contributed by atoms with Crippen LogP contribution in [0.5, 0.6) is 0 Å². The van der Waals surface area contributed by atoms with Gasteiger partial charge in [0.05, 0.1) is 24.5 Å². The van der Waals surface area contributed by atoms with E-state index in [-0.39, 0.29) is 6.10 Å². The molecule has 0 aliphatic rings. The van der Waals surface area contributed by atoms with E-state index in [0.29, 0.717) is 19.0 Å². The minimum Gasteiger partial charge on any atom is -0.444 e. The van der Waals surface area contributed by atoms with E-state index in [1.807, 2.05) is 49.2 Å². The van der Waals surface area contributed by atoms with Crippen LogP contribution >= 0.6 is 11.3 Å². The molecular weight excluding hydrogens is 374 g/mol. The highest BCUT2D eigenvalue weighted by molar-refractivity contribution is 7.09. The van der Waals surface area contributed by atoms with Crippen molar-refractivity contribution in [3.63, 3.8) is 0 Å². The summed E-state index contributed by atoms with van der Waals surface area (Å²) in [4.78, 5) is 15.5. The van der Waals surface area contributed by atoms with E-state index in [0.717, 1.165) is 27.9 Å². The second kappa shape index (κ2) is 9.48. The van der Waals surface area contributed by atoms with Crippen molar-refractivity contribution in [1.29, 1.82) is 0 Å². The fraction of sp³-hybridized carbons (Fsp3) is 0.350. The molecule has 0 radical (unpaired) electrons. The predicted molar refractivity (Wildman–Crippen MR) is 111 cm³/mol. The number of aliphatic imine (C=N–C) groups is 1. The van der Waals surface area contributed by atoms with Gasteiger partial charge in [-0.1, -0.05) is 18.2 Å². The molecule has 0 spiro atoms. The Balaban J connectivity index is 1.57. The molecule has 0 fully saturated rings. The molecule has 8 heteroatoms. The number of rotatable bonds is 7. The summed E-state index contributed by atoms with van der Waals surface area (Å²) in [7, 11) is 5.43. The summed E-state index contributed by atoms with van der Waals surface area (Å²) in [5.74, 6) is 1.38. The van der Waals surface area contributed by atoms with Crippen molar-refractivity contribution in [2.45, 2.75) is 26.1 Å². The molecule has 28 heavy (non-hydrogen) atoms. The summed E-state index contributed by atoms with van der Waals surface area (Å²) in [5.41, 5.74) is 2.76. The third-order valence-electron chi connectivity index (χ3n) is 4.24. The molecule has 0 aliphatic carbocycles. The minimum absolute atomic E-state index is 0.00692. The largest absolute Gasteiger partial charge is 0.444 e. The third kappa shape index (κ3) is 4.96. The number of benzene rings is 1. The van der Waals surface area contributed by atoms with Crippen molar-refractivity contribution >= 4 is 17.3 Å². The summed E-state index contributed by atoms with van der Waals surface area (Å²) in [6.45, 7) is 3.17. The molecule has 148 valence electrons. The maximum atomic E-state index is 5.58. The summed E-state index contributed by atoms with van der Waals surface area (Å²) in [5, 5.41) is 6.35. The molecule has 2 aromatic heterocycles. The number of guanidine groups is 1. The monoisotopic (exact) mass is 399 g/mol. The van der Waals surface area contributed by atoms with Gasteiger partial charge in [-0.3, -0.25) is 4.99 Å². The number of thiazole rings is 1. The highest BCUT2D eigenvalue weighted by atomic mass is 32.1. The Labute approximate surface area is 169 Å². The average molecular weight is 400 g/mol. The van der Waals surface area contributed by atoms with Crippen molar-refractivity contribution in [3.05, 3.63) is 58.4 Å². The topological polar surface area (TPSA) is 75.8 Å². The van der Waals surface area contributed by atoms with Crippen molar-refractivity contribution in [3.8, 4) is 11.5 Å². The summed E-state index contributed by atoms with van der Waals surface area (Å²) >= 11 is 1.61. The van der Waals surface area contributed by atoms with Crippen LogP contribution in [0.4, 0.5) is 0 Å². The number of oxazole rings is 1. The van der Waals surface area contributed by atoms with E-state index < -0.39 is 0 Å². The second-order valence-electron chi connectivity index (χ2n) is 6.32. The van der Waals surface area contributed by atoms with Crippen LogP contribution in [0.25, 0.3) is 11.5 Å². The van der Waals surface area contributed by atoms with Gasteiger partial charge >= 0.3 is 0 Å². The zero-order valence-corrected chi connectivity index (χ0v) is 17.4. The van der Waals surface area contributed by atoms with Crippen molar-refractivity contribution < 1.29 is 9.15 Å². The SMILES string of the molecule is CN=C(NCc1coc(-c2ccccc2)n1)N(C)Cc1csc(C(C)OC)n1. The number of nitrogens with one attached hydrogen (secondary N) is 1. The van der Waals surface area contributed by atoms with Crippen LogP contribution in [0.3, 0.4) is 0 Å². The van der Waals surface area contributed by atoms with E-state index in [4.69, 9.17) is 9.15 Å². The molecule has 0 saturated heterocycles. The lowest BCUT2D eigenvalue weighted by Gasteiger charge is -2.20. The summed E-state index contributed by atoms with van der Waals surface area (Å²) < 4.78 is 10.9. The normalized spacial score (nSPS) is 12.8. The van der Waals surface area contributed by atoms with Gasteiger partial charge in [0.1, 0.15) is 17.4 Å². The second-order valence-corrected chi connectivity index (χ2v) is 7.21. The lowest BCUT2D eigenvalue weighted by Crippen LogP contribution is -2.38. The Bertz CT molecular complexity index is 906. The molecule has 1 atom stereocenters. The van der Waals surface area contributed by atoms with Gasteiger partial charge in [-0.05, 0) is 19.1 Å². The molecule has 7 nitrogen and oxygen atoms in total. The first-order valence-electron chi connectivity index (χ1n) is 8.99. The Morgan fingerprint density at radius 3 is 2.79 bits per heavy atom. The van der Waals surface area contributed by atoms with E-state index in [9.17, 15) is 0 Å². The van der Waals surface area contributed by atoms with Crippen LogP contribution in [0.15, 0.2) is 51.4 Å². The zero-order chi connectivity index (χ0) is 19.9. The number of hydrogen-bond donors (Lipinski definition) is 1. The summed E-state index contributed by atoms with van der Waals surface area (Å²) in [6.07, 6.45) is 1.68. The molecule has 0 bridgehead atoms. The zero-order valence-electron chi connectivity index (χ0n) is 16.5. The van der Waals surface area contributed by atoms with Gasteiger partial charge < -0.3 is 19.4 Å². The van der Waals surface area contributed by atoms with Crippen LogP contribution in [0.1, 0.15) is 29.4 Å². The predicted octanol–water partition coefficient (Wildman–Crippen LogP) is 3.71. The Kier molecular flexibility index (Phi) is 6.78. The molecule has 1 unspecified atom stereocenters. The van der Waals surface area contributed by atoms with E-state index in [2.05, 4.69) is 25.7 Å². The number of hydrogen-bond acceptors (Lipinski definition) is 6. The molecule has 2 heterocycles. The standard InChI is InChI=1S/C20H25N5O2S/c1-14(26-4)19-24-17(13-28-19)11-25(3)20(21-2)22-10-16-12-27-18(23-16)15-8-6-5-7-9-15/h5-9,12-14H,10-11H2,1-4H3,(H,21,22). The quantitative estimate of drug-likeness (QED) is 0.482. The van der Waals surface area contributed by atoms with Gasteiger partial charge in [0.2, 0.25) is 5.89 Å². The first kappa shape index (κ1) is 20.0. The number of nitrogens with zero attached hydrogens (tertiary/aromatic N) is 4. The van der Waals surface area contributed by atoms with Crippen molar-refractivity contribution in [2.24, 2.45) is 4.99 Å². The lowest BCUT2D eigenvalue weighted by atomic mass is 10.2. The van der Waals surface area contributed by atoms with Gasteiger partial charge in [-0.2, -0.15) is 0 Å². The molecule has 0 saturated carbocycles. The van der Waals surface area contributed by atoms with Crippen LogP contribution in [-0.2, 0) is 17.8 Å². The summed E-state index contributed by atoms with van der Waals surface area (Å²) in [6, 6.07) is 9.84. The highest BCUT2D eigenvalue weighted by Crippen LogP contribution is 2.21. The number of aromatic nitrogens is 2. The van der Waals surface area contributed by atoms with E-state index in [1.54, 1.807) is 31.8 Å². The fourth-order valence-electron chi connectivity index (χ4n) is 2.66. The van der Waals surface area contributed by atoms with Crippen LogP contribution in [-0.4, -0.2) is 42.0 Å². The van der Waals surface area contributed by atoms with E-state index in [1.165, 1.54) is 0 Å². The molecule has 0 amide bonds. The molecule has 0 aliphatic heterocycles. The maximum absolute atomic E-state index is 5.58. The van der Waals surface area contributed by atoms with E-state index >= 15 is 0 Å². The fourth-order valence-corrected chi connectivity index (χ4v) is 3.50. The Hall–Kier alpha value is -2.71. The molecular formula is C20H25N5O2S. The third-order valence-corrected chi connectivity index (χ3v) is 5.30.